The van der Waals surface area contributed by atoms with Crippen LogP contribution in [-0.4, -0.2) is 67.1 Å². The number of hydrogen-bond donors (Lipinski definition) is 2. The van der Waals surface area contributed by atoms with E-state index >= 15 is 0 Å². The van der Waals surface area contributed by atoms with Crippen molar-refractivity contribution in [3.8, 4) is 0 Å². The molecule has 37 heavy (non-hydrogen) atoms. The van der Waals surface area contributed by atoms with Crippen molar-refractivity contribution in [3.05, 3.63) is 71.8 Å². The Bertz CT molecular complexity index is 769. The van der Waals surface area contributed by atoms with Gasteiger partial charge in [-0.15, -0.1) is 0 Å². The molecule has 208 valence electrons. The Morgan fingerprint density at radius 1 is 0.757 bits per heavy atom. The van der Waals surface area contributed by atoms with E-state index in [4.69, 9.17) is 19.7 Å². The number of esters is 2. The first kappa shape index (κ1) is 34.7. The molecule has 0 aliphatic heterocycles. The lowest BCUT2D eigenvalue weighted by Crippen LogP contribution is -2.13. The Labute approximate surface area is 229 Å². The molecule has 0 saturated heterocycles. The number of aliphatic hydroxyl groups is 2. The van der Waals surface area contributed by atoms with Crippen LogP contribution in [0.25, 0.3) is 0 Å². The van der Waals surface area contributed by atoms with E-state index < -0.39 is 11.9 Å². The molecule has 0 amide bonds. The summed E-state index contributed by atoms with van der Waals surface area (Å²) in [7, 11) is 0. The number of carbonyl (C=O) groups is 2. The lowest BCUT2D eigenvalue weighted by atomic mass is 10.1. The predicted molar refractivity (Wildman–Crippen MR) is 146 cm³/mol. The molecule has 8 nitrogen and oxygen atoms in total. The number of alkyl halides is 1. The van der Waals surface area contributed by atoms with Crippen LogP contribution in [0.2, 0.25) is 0 Å². The molecule has 0 aromatic heterocycles. The van der Waals surface area contributed by atoms with Gasteiger partial charge in [0.25, 0.3) is 0 Å². The molecule has 0 unspecified atom stereocenters. The molecule has 0 aliphatic carbocycles. The molecule has 2 aromatic carbocycles. The fourth-order valence-corrected chi connectivity index (χ4v) is 2.84. The second kappa shape index (κ2) is 25.4. The van der Waals surface area contributed by atoms with Gasteiger partial charge in [-0.2, -0.15) is 0 Å². The second-order valence-electron chi connectivity index (χ2n) is 7.57. The summed E-state index contributed by atoms with van der Waals surface area (Å²) in [4.78, 5) is 21.2. The van der Waals surface area contributed by atoms with Crippen LogP contribution in [0, 0.1) is 5.92 Å². The van der Waals surface area contributed by atoms with Crippen LogP contribution in [0.5, 0.6) is 0 Å². The summed E-state index contributed by atoms with van der Waals surface area (Å²) in [6.07, 6.45) is 0.404. The zero-order valence-electron chi connectivity index (χ0n) is 21.9. The average Bonchev–Trinajstić information content (AvgIpc) is 2.91. The van der Waals surface area contributed by atoms with Gasteiger partial charge in [-0.3, -0.25) is 9.59 Å². The molecule has 2 rings (SSSR count). The molecule has 2 aromatic rings. The van der Waals surface area contributed by atoms with Crippen LogP contribution in [0.4, 0.5) is 0 Å². The van der Waals surface area contributed by atoms with Crippen molar-refractivity contribution in [2.75, 3.05) is 45.0 Å². The summed E-state index contributed by atoms with van der Waals surface area (Å²) >= 11 is 3.30. The number of aliphatic hydroxyl groups excluding tert-OH is 2. The van der Waals surface area contributed by atoms with E-state index in [9.17, 15) is 9.59 Å². The van der Waals surface area contributed by atoms with Crippen molar-refractivity contribution in [2.24, 2.45) is 5.92 Å². The number of ether oxygens (including phenoxy) is 4. The Hall–Kier alpha value is -2.30. The topological polar surface area (TPSA) is 112 Å². The van der Waals surface area contributed by atoms with Gasteiger partial charge >= 0.3 is 11.9 Å². The van der Waals surface area contributed by atoms with Crippen molar-refractivity contribution in [3.63, 3.8) is 0 Å². The molecular formula is C28H41BrO8. The van der Waals surface area contributed by atoms with Crippen molar-refractivity contribution >= 4 is 27.9 Å². The third kappa shape index (κ3) is 21.5. The monoisotopic (exact) mass is 584 g/mol. The Morgan fingerprint density at radius 3 is 1.57 bits per heavy atom. The standard InChI is InChI=1S/C12H18O3.C9H11BrO.C7H12O4/c13-8-12(9-14)6-7-15-10-11-4-2-1-3-5-11;10-6-7-11-8-9-4-2-1-3-5-9;1-3-10-6(8)5-7(9)11-4-2/h1-5,12-14H,6-10H2;1-5H,6-8H2;3-5H2,1-2H3. The van der Waals surface area contributed by atoms with Crippen molar-refractivity contribution in [1.29, 1.82) is 0 Å². The Morgan fingerprint density at radius 2 is 1.19 bits per heavy atom. The predicted octanol–water partition coefficient (Wildman–Crippen LogP) is 4.29. The second-order valence-corrected chi connectivity index (χ2v) is 8.37. The first-order valence-corrected chi connectivity index (χ1v) is 13.4. The summed E-state index contributed by atoms with van der Waals surface area (Å²) in [5, 5.41) is 18.6. The van der Waals surface area contributed by atoms with Crippen molar-refractivity contribution in [2.45, 2.75) is 39.9 Å². The number of hydrogen-bond acceptors (Lipinski definition) is 8. The quantitative estimate of drug-likeness (QED) is 0.138. The van der Waals surface area contributed by atoms with E-state index in [0.29, 0.717) is 26.2 Å². The Balaban J connectivity index is 0.000000536. The van der Waals surface area contributed by atoms with Crippen molar-refractivity contribution in [1.82, 2.24) is 0 Å². The van der Waals surface area contributed by atoms with Crippen LogP contribution in [-0.2, 0) is 41.8 Å². The highest BCUT2D eigenvalue weighted by Gasteiger charge is 2.09. The number of halogens is 1. The highest BCUT2D eigenvalue weighted by atomic mass is 79.9. The molecule has 0 spiro atoms. The molecule has 0 fully saturated rings. The van der Waals surface area contributed by atoms with E-state index in [-0.39, 0.29) is 38.8 Å². The molecule has 9 heteroatoms. The minimum absolute atomic E-state index is 0.0190. The van der Waals surface area contributed by atoms with E-state index in [1.54, 1.807) is 13.8 Å². The highest BCUT2D eigenvalue weighted by molar-refractivity contribution is 9.09. The van der Waals surface area contributed by atoms with Gasteiger partial charge in [0.05, 0.1) is 33.0 Å². The van der Waals surface area contributed by atoms with Crippen molar-refractivity contribution < 1.29 is 38.7 Å². The SMILES string of the molecule is BrCCOCc1ccccc1.CCOC(=O)CC(=O)OCC.OCC(CO)CCOCc1ccccc1. The third-order valence-corrected chi connectivity index (χ3v) is 4.85. The zero-order valence-corrected chi connectivity index (χ0v) is 23.4. The summed E-state index contributed by atoms with van der Waals surface area (Å²) in [5.41, 5.74) is 2.37. The van der Waals surface area contributed by atoms with Gasteiger partial charge in [0.2, 0.25) is 0 Å². The molecular weight excluding hydrogens is 544 g/mol. The maximum Gasteiger partial charge on any atom is 0.317 e. The van der Waals surface area contributed by atoms with Gasteiger partial charge in [0.1, 0.15) is 6.42 Å². The van der Waals surface area contributed by atoms with Crippen LogP contribution < -0.4 is 0 Å². The number of rotatable bonds is 15. The summed E-state index contributed by atoms with van der Waals surface area (Å²) in [6, 6.07) is 20.1. The fourth-order valence-electron chi connectivity index (χ4n) is 2.62. The van der Waals surface area contributed by atoms with E-state index in [2.05, 4.69) is 37.5 Å². The molecule has 0 radical (unpaired) electrons. The summed E-state index contributed by atoms with van der Waals surface area (Å²) in [5.74, 6) is -1.13. The van der Waals surface area contributed by atoms with E-state index in [1.807, 2.05) is 48.5 Å². The third-order valence-electron chi connectivity index (χ3n) is 4.53. The fraction of sp³-hybridized carbons (Fsp3) is 0.500. The largest absolute Gasteiger partial charge is 0.466 e. The van der Waals surface area contributed by atoms with Gasteiger partial charge < -0.3 is 29.2 Å². The van der Waals surface area contributed by atoms with Crippen LogP contribution in [0.15, 0.2) is 60.7 Å². The normalized spacial score (nSPS) is 10.0. The minimum atomic E-state index is -0.536. The molecule has 0 aliphatic rings. The summed E-state index contributed by atoms with van der Waals surface area (Å²) in [6.45, 7) is 6.63. The molecule has 0 atom stereocenters. The summed E-state index contributed by atoms with van der Waals surface area (Å²) < 4.78 is 19.8. The lowest BCUT2D eigenvalue weighted by molar-refractivity contribution is -0.153. The first-order chi connectivity index (χ1) is 18.0. The van der Waals surface area contributed by atoms with Gasteiger partial charge in [-0.05, 0) is 31.4 Å². The number of benzene rings is 2. The maximum absolute atomic E-state index is 10.6. The molecule has 0 saturated carbocycles. The number of carbonyl (C=O) groups excluding carboxylic acids is 2. The lowest BCUT2D eigenvalue weighted by Gasteiger charge is -2.10. The molecule has 0 heterocycles. The van der Waals surface area contributed by atoms with Gasteiger partial charge in [-0.1, -0.05) is 76.6 Å². The zero-order chi connectivity index (χ0) is 27.6. The minimum Gasteiger partial charge on any atom is -0.466 e. The molecule has 2 N–H and O–H groups in total. The van der Waals surface area contributed by atoms with Gasteiger partial charge in [0, 0.05) is 31.1 Å². The van der Waals surface area contributed by atoms with Gasteiger partial charge in [0.15, 0.2) is 0 Å². The average molecular weight is 586 g/mol. The highest BCUT2D eigenvalue weighted by Crippen LogP contribution is 2.04. The van der Waals surface area contributed by atoms with E-state index in [0.717, 1.165) is 17.5 Å². The maximum atomic E-state index is 10.6. The first-order valence-electron chi connectivity index (χ1n) is 12.3. The smallest absolute Gasteiger partial charge is 0.317 e. The van der Waals surface area contributed by atoms with Crippen LogP contribution >= 0.6 is 15.9 Å². The Kier molecular flexibility index (Phi) is 23.8. The van der Waals surface area contributed by atoms with Crippen LogP contribution in [0.3, 0.4) is 0 Å². The van der Waals surface area contributed by atoms with Crippen LogP contribution in [0.1, 0.15) is 37.8 Å². The van der Waals surface area contributed by atoms with Gasteiger partial charge in [-0.25, -0.2) is 0 Å². The molecule has 0 bridgehead atoms. The van der Waals surface area contributed by atoms with E-state index in [1.165, 1.54) is 5.56 Å².